The number of hydrogen-bond acceptors (Lipinski definition) is 4. The maximum Gasteiger partial charge on any atom is 0.242 e. The van der Waals surface area contributed by atoms with E-state index >= 15 is 0 Å². The third kappa shape index (κ3) is 4.58. The van der Waals surface area contributed by atoms with Gasteiger partial charge in [-0.2, -0.15) is 0 Å². The largest absolute Gasteiger partial charge is 0.372 e. The number of thioether (sulfide) groups is 1. The van der Waals surface area contributed by atoms with E-state index in [0.717, 1.165) is 29.2 Å². The van der Waals surface area contributed by atoms with Crippen LogP contribution in [-0.2, 0) is 16.1 Å². The van der Waals surface area contributed by atoms with Gasteiger partial charge in [-0.05, 0) is 49.1 Å². The van der Waals surface area contributed by atoms with E-state index in [1.54, 1.807) is 16.8 Å². The number of benzene rings is 2. The van der Waals surface area contributed by atoms with Crippen molar-refractivity contribution in [2.45, 2.75) is 30.7 Å². The van der Waals surface area contributed by atoms with E-state index in [2.05, 4.69) is 29.2 Å². The van der Waals surface area contributed by atoms with Gasteiger partial charge in [0.2, 0.25) is 11.8 Å². The summed E-state index contributed by atoms with van der Waals surface area (Å²) in [7, 11) is 1.80. The number of likely N-dealkylation sites (N-methyl/N-ethyl adjacent to an activating group) is 1. The molecule has 0 aliphatic carbocycles. The summed E-state index contributed by atoms with van der Waals surface area (Å²) in [6, 6.07) is 16.3. The number of anilines is 2. The first kappa shape index (κ1) is 19.8. The highest BCUT2D eigenvalue weighted by Crippen LogP contribution is 2.34. The SMILES string of the molecule is CN(Cc1ccc(N2CCCCC2)cc1)C(=O)CN1C(=O)CSc2ccccc21. The van der Waals surface area contributed by atoms with E-state index in [1.807, 2.05) is 24.3 Å². The summed E-state index contributed by atoms with van der Waals surface area (Å²) >= 11 is 1.53. The van der Waals surface area contributed by atoms with Gasteiger partial charge in [0, 0.05) is 37.3 Å². The molecular weight excluding hydrogens is 382 g/mol. The van der Waals surface area contributed by atoms with Gasteiger partial charge < -0.3 is 14.7 Å². The number of fused-ring (bicyclic) bond motifs is 1. The van der Waals surface area contributed by atoms with Gasteiger partial charge in [-0.3, -0.25) is 9.59 Å². The molecule has 0 N–H and O–H groups in total. The number of piperidine rings is 1. The van der Waals surface area contributed by atoms with E-state index in [-0.39, 0.29) is 18.4 Å². The Balaban J connectivity index is 1.38. The van der Waals surface area contributed by atoms with Gasteiger partial charge in [0.05, 0.1) is 11.4 Å². The lowest BCUT2D eigenvalue weighted by molar-refractivity contribution is -0.130. The van der Waals surface area contributed by atoms with Gasteiger partial charge >= 0.3 is 0 Å². The lowest BCUT2D eigenvalue weighted by Gasteiger charge is -2.30. The number of hydrogen-bond donors (Lipinski definition) is 0. The minimum Gasteiger partial charge on any atom is -0.372 e. The first-order chi connectivity index (χ1) is 14.1. The average Bonchev–Trinajstić information content (AvgIpc) is 2.77. The van der Waals surface area contributed by atoms with Crippen molar-refractivity contribution in [3.05, 3.63) is 54.1 Å². The summed E-state index contributed by atoms with van der Waals surface area (Å²) in [5.74, 6) is 0.313. The highest BCUT2D eigenvalue weighted by Gasteiger charge is 2.27. The fourth-order valence-electron chi connectivity index (χ4n) is 3.91. The first-order valence-corrected chi connectivity index (χ1v) is 11.2. The van der Waals surface area contributed by atoms with E-state index in [1.165, 1.54) is 36.7 Å². The number of rotatable bonds is 5. The van der Waals surface area contributed by atoms with Crippen molar-refractivity contribution in [2.24, 2.45) is 0 Å². The number of carbonyl (C=O) groups is 2. The molecule has 1 fully saturated rings. The predicted octanol–water partition coefficient (Wildman–Crippen LogP) is 3.77. The van der Waals surface area contributed by atoms with Crippen LogP contribution in [0, 0.1) is 0 Å². The third-order valence-electron chi connectivity index (χ3n) is 5.60. The van der Waals surface area contributed by atoms with Gasteiger partial charge in [-0.25, -0.2) is 0 Å². The molecule has 2 amide bonds. The van der Waals surface area contributed by atoms with Crippen molar-refractivity contribution in [1.29, 1.82) is 0 Å². The zero-order chi connectivity index (χ0) is 20.2. The van der Waals surface area contributed by atoms with Crippen molar-refractivity contribution in [1.82, 2.24) is 4.90 Å². The quantitative estimate of drug-likeness (QED) is 0.754. The van der Waals surface area contributed by atoms with E-state index in [0.29, 0.717) is 12.3 Å². The Bertz CT molecular complexity index is 878. The van der Waals surface area contributed by atoms with Crippen LogP contribution in [0.5, 0.6) is 0 Å². The van der Waals surface area contributed by atoms with Crippen LogP contribution in [0.2, 0.25) is 0 Å². The lowest BCUT2D eigenvalue weighted by atomic mass is 10.1. The first-order valence-electron chi connectivity index (χ1n) is 10.2. The Morgan fingerprint density at radius 2 is 1.76 bits per heavy atom. The molecule has 0 radical (unpaired) electrons. The molecule has 0 spiro atoms. The number of amides is 2. The Kier molecular flexibility index (Phi) is 6.09. The molecule has 0 saturated carbocycles. The highest BCUT2D eigenvalue weighted by atomic mass is 32.2. The minimum atomic E-state index is -0.0554. The molecule has 0 aromatic heterocycles. The molecule has 2 aromatic rings. The van der Waals surface area contributed by atoms with Gasteiger partial charge in [0.1, 0.15) is 6.54 Å². The van der Waals surface area contributed by atoms with Crippen molar-refractivity contribution < 1.29 is 9.59 Å². The van der Waals surface area contributed by atoms with Crippen LogP contribution in [0.15, 0.2) is 53.4 Å². The molecule has 4 rings (SSSR count). The molecule has 1 saturated heterocycles. The Morgan fingerprint density at radius 1 is 1.03 bits per heavy atom. The second-order valence-electron chi connectivity index (χ2n) is 7.70. The van der Waals surface area contributed by atoms with Crippen LogP contribution in [0.25, 0.3) is 0 Å². The molecule has 2 aliphatic heterocycles. The van der Waals surface area contributed by atoms with Crippen molar-refractivity contribution in [3.63, 3.8) is 0 Å². The molecule has 0 unspecified atom stereocenters. The fourth-order valence-corrected chi connectivity index (χ4v) is 4.85. The predicted molar refractivity (Wildman–Crippen MR) is 118 cm³/mol. The minimum absolute atomic E-state index is 0.0127. The van der Waals surface area contributed by atoms with Crippen LogP contribution >= 0.6 is 11.8 Å². The average molecular weight is 410 g/mol. The topological polar surface area (TPSA) is 43.9 Å². The second kappa shape index (κ2) is 8.91. The highest BCUT2D eigenvalue weighted by molar-refractivity contribution is 8.00. The van der Waals surface area contributed by atoms with Gasteiger partial charge in [-0.15, -0.1) is 11.8 Å². The maximum atomic E-state index is 12.8. The molecule has 29 heavy (non-hydrogen) atoms. The molecule has 2 heterocycles. The second-order valence-corrected chi connectivity index (χ2v) is 8.72. The molecule has 152 valence electrons. The maximum absolute atomic E-state index is 12.8. The van der Waals surface area contributed by atoms with Crippen LogP contribution in [-0.4, -0.2) is 49.1 Å². The van der Waals surface area contributed by atoms with Crippen molar-refractivity contribution in [3.8, 4) is 0 Å². The summed E-state index contributed by atoms with van der Waals surface area (Å²) in [6.07, 6.45) is 3.84. The summed E-state index contributed by atoms with van der Waals surface area (Å²) < 4.78 is 0. The van der Waals surface area contributed by atoms with Crippen molar-refractivity contribution >= 4 is 35.0 Å². The molecule has 6 heteroatoms. The Labute approximate surface area is 176 Å². The van der Waals surface area contributed by atoms with Crippen LogP contribution in [0.3, 0.4) is 0 Å². The standard InChI is InChI=1S/C23H27N3O2S/c1-24(15-18-9-11-19(12-10-18)25-13-5-2-6-14-25)22(27)16-26-20-7-3-4-8-21(20)29-17-23(26)28/h3-4,7-12H,2,5-6,13-17H2,1H3. The molecule has 5 nitrogen and oxygen atoms in total. The zero-order valence-corrected chi connectivity index (χ0v) is 17.7. The van der Waals surface area contributed by atoms with Gasteiger partial charge in [-0.1, -0.05) is 24.3 Å². The fraction of sp³-hybridized carbons (Fsp3) is 0.391. The van der Waals surface area contributed by atoms with Crippen molar-refractivity contribution in [2.75, 3.05) is 42.2 Å². The molecular formula is C23H27N3O2S. The number of para-hydroxylation sites is 1. The monoisotopic (exact) mass is 409 g/mol. The Hall–Kier alpha value is -2.47. The molecule has 2 aliphatic rings. The van der Waals surface area contributed by atoms with Crippen LogP contribution in [0.1, 0.15) is 24.8 Å². The van der Waals surface area contributed by atoms with E-state index < -0.39 is 0 Å². The summed E-state index contributed by atoms with van der Waals surface area (Å²) in [4.78, 5) is 32.0. The van der Waals surface area contributed by atoms with Gasteiger partial charge in [0.25, 0.3) is 0 Å². The van der Waals surface area contributed by atoms with Gasteiger partial charge in [0.15, 0.2) is 0 Å². The van der Waals surface area contributed by atoms with E-state index in [4.69, 9.17) is 0 Å². The smallest absolute Gasteiger partial charge is 0.242 e. The lowest BCUT2D eigenvalue weighted by Crippen LogP contribution is -2.43. The number of nitrogens with zero attached hydrogens (tertiary/aromatic N) is 3. The Morgan fingerprint density at radius 3 is 2.52 bits per heavy atom. The summed E-state index contributed by atoms with van der Waals surface area (Å²) in [5, 5.41) is 0. The molecule has 0 bridgehead atoms. The van der Waals surface area contributed by atoms with Crippen LogP contribution < -0.4 is 9.80 Å². The molecule has 0 atom stereocenters. The van der Waals surface area contributed by atoms with Crippen LogP contribution in [0.4, 0.5) is 11.4 Å². The third-order valence-corrected chi connectivity index (χ3v) is 6.65. The molecule has 2 aromatic carbocycles. The number of carbonyl (C=O) groups excluding carboxylic acids is 2. The normalized spacial score (nSPS) is 16.5. The van der Waals surface area contributed by atoms with E-state index in [9.17, 15) is 9.59 Å². The zero-order valence-electron chi connectivity index (χ0n) is 16.8. The summed E-state index contributed by atoms with van der Waals surface area (Å²) in [5.41, 5.74) is 3.19. The summed E-state index contributed by atoms with van der Waals surface area (Å²) in [6.45, 7) is 2.87.